The van der Waals surface area contributed by atoms with Crippen LogP contribution < -0.4 is 15.1 Å². The van der Waals surface area contributed by atoms with Crippen LogP contribution in [-0.2, 0) is 4.74 Å². The number of rotatable bonds is 5. The number of thiocarbonyl (C=S) groups is 1. The molecule has 35 heavy (non-hydrogen) atoms. The lowest BCUT2D eigenvalue weighted by atomic mass is 9.94. The van der Waals surface area contributed by atoms with Crippen molar-refractivity contribution in [1.29, 1.82) is 0 Å². The van der Waals surface area contributed by atoms with Crippen molar-refractivity contribution in [2.24, 2.45) is 0 Å². The van der Waals surface area contributed by atoms with Crippen LogP contribution in [0.25, 0.3) is 0 Å². The number of hydrogen-bond acceptors (Lipinski definition) is 4. The van der Waals surface area contributed by atoms with Crippen molar-refractivity contribution in [2.75, 3.05) is 36.1 Å². The number of hydrogen-bond donors (Lipinski definition) is 1. The van der Waals surface area contributed by atoms with Gasteiger partial charge in [-0.05, 0) is 73.6 Å². The van der Waals surface area contributed by atoms with Crippen LogP contribution in [0, 0.1) is 0 Å². The summed E-state index contributed by atoms with van der Waals surface area (Å²) in [6.45, 7) is 3.44. The van der Waals surface area contributed by atoms with Crippen LogP contribution in [0.3, 0.4) is 0 Å². The van der Waals surface area contributed by atoms with Gasteiger partial charge in [-0.25, -0.2) is 0 Å². The fourth-order valence-electron chi connectivity index (χ4n) is 5.93. The van der Waals surface area contributed by atoms with E-state index in [1.165, 1.54) is 43.5 Å². The van der Waals surface area contributed by atoms with Crippen molar-refractivity contribution in [1.82, 2.24) is 14.9 Å². The Balaban J connectivity index is 1.38. The third kappa shape index (κ3) is 4.43. The third-order valence-electron chi connectivity index (χ3n) is 7.69. The monoisotopic (exact) mass is 487 g/mol. The van der Waals surface area contributed by atoms with Gasteiger partial charge in [-0.1, -0.05) is 25.3 Å². The molecule has 2 aromatic heterocycles. The van der Waals surface area contributed by atoms with Gasteiger partial charge in [-0.15, -0.1) is 0 Å². The van der Waals surface area contributed by atoms with Gasteiger partial charge in [-0.2, -0.15) is 0 Å². The number of anilines is 2. The van der Waals surface area contributed by atoms with Crippen molar-refractivity contribution in [3.63, 3.8) is 0 Å². The van der Waals surface area contributed by atoms with Crippen molar-refractivity contribution in [3.05, 3.63) is 78.4 Å². The largest absolute Gasteiger partial charge is 0.378 e. The zero-order chi connectivity index (χ0) is 23.6. The molecule has 182 valence electrons. The first-order valence-corrected chi connectivity index (χ1v) is 13.3. The number of morpholine rings is 1. The first kappa shape index (κ1) is 22.6. The minimum Gasteiger partial charge on any atom is -0.378 e. The van der Waals surface area contributed by atoms with Crippen LogP contribution in [-0.4, -0.2) is 41.0 Å². The van der Waals surface area contributed by atoms with E-state index in [0.29, 0.717) is 6.04 Å². The molecule has 2 atom stereocenters. The summed E-state index contributed by atoms with van der Waals surface area (Å²) in [5, 5.41) is 4.37. The van der Waals surface area contributed by atoms with Gasteiger partial charge in [0.05, 0.1) is 24.9 Å². The lowest BCUT2D eigenvalue weighted by molar-refractivity contribution is 0.122. The Morgan fingerprint density at radius 3 is 2.40 bits per heavy atom. The molecule has 6 rings (SSSR count). The number of pyridine rings is 1. The molecule has 2 aliphatic heterocycles. The third-order valence-corrected chi connectivity index (χ3v) is 8.00. The SMILES string of the molecule is S=C1N[C@H](c2ccccn2)[C@H](c2cccn2C2CCCCC2)N1c1ccc(N2CCOCC2)cc1. The molecule has 7 heteroatoms. The van der Waals surface area contributed by atoms with E-state index in [4.69, 9.17) is 21.9 Å². The Bertz CT molecular complexity index is 1140. The quantitative estimate of drug-likeness (QED) is 0.486. The van der Waals surface area contributed by atoms with Crippen molar-refractivity contribution in [3.8, 4) is 0 Å². The minimum atomic E-state index is -0.0140. The zero-order valence-electron chi connectivity index (χ0n) is 20.1. The predicted molar refractivity (Wildman–Crippen MR) is 144 cm³/mol. The smallest absolute Gasteiger partial charge is 0.174 e. The minimum absolute atomic E-state index is 0.0140. The highest BCUT2D eigenvalue weighted by molar-refractivity contribution is 7.80. The Hall–Kier alpha value is -2.90. The first-order valence-electron chi connectivity index (χ1n) is 12.9. The maximum Gasteiger partial charge on any atom is 0.174 e. The van der Waals surface area contributed by atoms with Gasteiger partial charge in [0.2, 0.25) is 0 Å². The number of ether oxygens (including phenoxy) is 1. The molecule has 1 saturated carbocycles. The van der Waals surface area contributed by atoms with Gasteiger partial charge in [-0.3, -0.25) is 4.98 Å². The van der Waals surface area contributed by atoms with Crippen LogP contribution in [0.4, 0.5) is 11.4 Å². The molecule has 0 radical (unpaired) electrons. The van der Waals surface area contributed by atoms with E-state index in [2.05, 4.69) is 74.4 Å². The standard InChI is InChI=1S/C28H33N5OS/c35-28-30-26(24-9-4-5-15-29-24)27(25-10-6-16-32(25)22-7-2-1-3-8-22)33(28)23-13-11-21(12-14-23)31-17-19-34-20-18-31/h4-6,9-16,22,26-27H,1-3,7-8,17-20H2,(H,30,35)/t26-,27+/m1/s1. The highest BCUT2D eigenvalue weighted by Crippen LogP contribution is 2.43. The summed E-state index contributed by atoms with van der Waals surface area (Å²) in [6, 6.07) is 20.0. The van der Waals surface area contributed by atoms with E-state index in [1.807, 2.05) is 12.3 Å². The fraction of sp³-hybridized carbons (Fsp3) is 0.429. The molecule has 0 amide bonds. The van der Waals surface area contributed by atoms with E-state index in [9.17, 15) is 0 Å². The van der Waals surface area contributed by atoms with Gasteiger partial charge >= 0.3 is 0 Å². The summed E-state index contributed by atoms with van der Waals surface area (Å²) < 4.78 is 8.05. The van der Waals surface area contributed by atoms with Crippen LogP contribution in [0.5, 0.6) is 0 Å². The Morgan fingerprint density at radius 2 is 1.66 bits per heavy atom. The van der Waals surface area contributed by atoms with Gasteiger partial charge in [0, 0.05) is 48.6 Å². The maximum atomic E-state index is 5.96. The van der Waals surface area contributed by atoms with Gasteiger partial charge in [0.25, 0.3) is 0 Å². The molecule has 0 spiro atoms. The lowest BCUT2D eigenvalue weighted by Crippen LogP contribution is -2.36. The van der Waals surface area contributed by atoms with Crippen molar-refractivity contribution < 1.29 is 4.74 Å². The van der Waals surface area contributed by atoms with Crippen LogP contribution >= 0.6 is 12.2 Å². The summed E-state index contributed by atoms with van der Waals surface area (Å²) in [4.78, 5) is 9.41. The van der Waals surface area contributed by atoms with E-state index >= 15 is 0 Å². The van der Waals surface area contributed by atoms with Crippen LogP contribution in [0.2, 0.25) is 0 Å². The predicted octanol–water partition coefficient (Wildman–Crippen LogP) is 5.40. The Labute approximate surface area is 212 Å². The topological polar surface area (TPSA) is 45.6 Å². The first-order chi connectivity index (χ1) is 17.3. The average molecular weight is 488 g/mol. The van der Waals surface area contributed by atoms with E-state index in [0.717, 1.165) is 42.8 Å². The summed E-state index contributed by atoms with van der Waals surface area (Å²) in [5.74, 6) is 0. The van der Waals surface area contributed by atoms with Crippen LogP contribution in [0.15, 0.2) is 67.0 Å². The maximum absolute atomic E-state index is 5.96. The van der Waals surface area contributed by atoms with Crippen molar-refractivity contribution in [2.45, 2.75) is 50.2 Å². The molecular weight excluding hydrogens is 454 g/mol. The lowest BCUT2D eigenvalue weighted by Gasteiger charge is -2.33. The molecule has 6 nitrogen and oxygen atoms in total. The molecule has 1 aliphatic carbocycles. The van der Waals surface area contributed by atoms with E-state index in [1.54, 1.807) is 0 Å². The average Bonchev–Trinajstić information content (AvgIpc) is 3.55. The summed E-state index contributed by atoms with van der Waals surface area (Å²) in [6.07, 6.45) is 10.6. The number of nitrogens with one attached hydrogen (secondary N) is 1. The molecular formula is C28H33N5OS. The molecule has 4 heterocycles. The Morgan fingerprint density at radius 1 is 0.886 bits per heavy atom. The Kier molecular flexibility index (Phi) is 6.44. The summed E-state index contributed by atoms with van der Waals surface area (Å²) in [7, 11) is 0. The molecule has 3 aromatic rings. The highest BCUT2D eigenvalue weighted by atomic mass is 32.1. The number of aromatic nitrogens is 2. The van der Waals surface area contributed by atoms with Crippen LogP contribution in [0.1, 0.15) is 61.6 Å². The fourth-order valence-corrected chi connectivity index (χ4v) is 6.27. The molecule has 3 fully saturated rings. The second-order valence-electron chi connectivity index (χ2n) is 9.74. The molecule has 0 bridgehead atoms. The summed E-state index contributed by atoms with van der Waals surface area (Å²) >= 11 is 5.96. The molecule has 0 unspecified atom stereocenters. The van der Waals surface area contributed by atoms with Gasteiger partial charge < -0.3 is 24.4 Å². The molecule has 2 saturated heterocycles. The normalized spacial score (nSPS) is 23.5. The summed E-state index contributed by atoms with van der Waals surface area (Å²) in [5.41, 5.74) is 4.67. The number of nitrogens with zero attached hydrogens (tertiary/aromatic N) is 4. The molecule has 1 N–H and O–H groups in total. The van der Waals surface area contributed by atoms with E-state index < -0.39 is 0 Å². The second-order valence-corrected chi connectivity index (χ2v) is 10.1. The van der Waals surface area contributed by atoms with Gasteiger partial charge in [0.15, 0.2) is 5.11 Å². The van der Waals surface area contributed by atoms with E-state index in [-0.39, 0.29) is 12.1 Å². The van der Waals surface area contributed by atoms with Gasteiger partial charge in [0.1, 0.15) is 6.04 Å². The number of benzene rings is 1. The van der Waals surface area contributed by atoms with Crippen molar-refractivity contribution >= 4 is 28.7 Å². The molecule has 1 aromatic carbocycles. The highest BCUT2D eigenvalue weighted by Gasteiger charge is 2.42. The molecule has 3 aliphatic rings. The second kappa shape index (κ2) is 9.99. The zero-order valence-corrected chi connectivity index (χ0v) is 20.9.